The Labute approximate surface area is 204 Å². The Balaban J connectivity index is 1.71. The van der Waals surface area contributed by atoms with E-state index in [0.717, 1.165) is 11.1 Å². The summed E-state index contributed by atoms with van der Waals surface area (Å²) in [5.41, 5.74) is 3.91. The van der Waals surface area contributed by atoms with Crippen LogP contribution in [0, 0.1) is 6.92 Å². The number of aromatic nitrogens is 2. The lowest BCUT2D eigenvalue weighted by molar-refractivity contribution is 0.103. The minimum atomic E-state index is -3.46. The van der Waals surface area contributed by atoms with Crippen molar-refractivity contribution in [2.24, 2.45) is 7.05 Å². The molecule has 0 aliphatic heterocycles. The number of pyridine rings is 1. The van der Waals surface area contributed by atoms with Gasteiger partial charge in [-0.25, -0.2) is 18.1 Å². The number of nitrogens with zero attached hydrogens (tertiary/aromatic N) is 2. The standard InChI is InChI=1S/C26H27N3O5S/c1-17-4-6-18(7-5-17)16-34-20-9-8-19(11-13-35(32,33)27-2)22(14-20)25(30)23-15-29(3)24-21(23)10-12-28-26(24)31/h4-10,12,14-15,27H,11,13,16H2,1-3H3,(H,28,31). The first-order valence-electron chi connectivity index (χ1n) is 11.1. The van der Waals surface area contributed by atoms with Crippen LogP contribution in [0.5, 0.6) is 11.6 Å². The number of fused-ring (bicyclic) bond motifs is 1. The van der Waals surface area contributed by atoms with Crippen LogP contribution in [0.15, 0.2) is 60.9 Å². The van der Waals surface area contributed by atoms with E-state index in [0.29, 0.717) is 39.9 Å². The number of carbonyl (C=O) groups is 1. The van der Waals surface area contributed by atoms with Crippen LogP contribution in [-0.2, 0) is 30.1 Å². The molecule has 0 unspecified atom stereocenters. The average Bonchev–Trinajstić information content (AvgIpc) is 3.19. The number of ketones is 1. The van der Waals surface area contributed by atoms with E-state index in [1.54, 1.807) is 42.1 Å². The summed E-state index contributed by atoms with van der Waals surface area (Å²) in [4.78, 5) is 17.6. The van der Waals surface area contributed by atoms with Crippen LogP contribution in [0.2, 0.25) is 0 Å². The number of carbonyl (C=O) groups excluding carboxylic acids is 1. The van der Waals surface area contributed by atoms with Crippen molar-refractivity contribution < 1.29 is 23.1 Å². The van der Waals surface area contributed by atoms with Crippen molar-refractivity contribution in [2.75, 3.05) is 12.8 Å². The summed E-state index contributed by atoms with van der Waals surface area (Å²) in [5.74, 6) is -0.120. The zero-order chi connectivity index (χ0) is 25.2. The molecular formula is C26H27N3O5S. The van der Waals surface area contributed by atoms with Gasteiger partial charge in [0.1, 0.15) is 17.9 Å². The van der Waals surface area contributed by atoms with Crippen molar-refractivity contribution in [1.29, 1.82) is 0 Å². The van der Waals surface area contributed by atoms with Crippen LogP contribution >= 0.6 is 0 Å². The molecule has 2 aromatic heterocycles. The fourth-order valence-electron chi connectivity index (χ4n) is 3.93. The van der Waals surface area contributed by atoms with E-state index in [2.05, 4.69) is 9.71 Å². The zero-order valence-electron chi connectivity index (χ0n) is 19.8. The highest BCUT2D eigenvalue weighted by atomic mass is 32.2. The molecule has 182 valence electrons. The number of rotatable bonds is 9. The number of aryl methyl sites for hydroxylation is 3. The van der Waals surface area contributed by atoms with Crippen LogP contribution in [0.3, 0.4) is 0 Å². The largest absolute Gasteiger partial charge is 0.492 e. The molecule has 0 spiro atoms. The molecule has 35 heavy (non-hydrogen) atoms. The molecule has 2 N–H and O–H groups in total. The summed E-state index contributed by atoms with van der Waals surface area (Å²) in [7, 11) is -0.374. The fourth-order valence-corrected chi connectivity index (χ4v) is 4.63. The monoisotopic (exact) mass is 493 g/mol. The third kappa shape index (κ3) is 5.36. The van der Waals surface area contributed by atoms with Crippen molar-refractivity contribution >= 4 is 26.7 Å². The number of sulfonamides is 1. The zero-order valence-corrected chi connectivity index (χ0v) is 20.6. The maximum Gasteiger partial charge on any atom is 0.236 e. The Morgan fingerprint density at radius 2 is 1.86 bits per heavy atom. The van der Waals surface area contributed by atoms with Crippen LogP contribution in [-0.4, -0.2) is 41.7 Å². The molecule has 2 aromatic carbocycles. The van der Waals surface area contributed by atoms with Crippen molar-refractivity contribution in [3.63, 3.8) is 0 Å². The van der Waals surface area contributed by atoms with E-state index >= 15 is 0 Å². The number of aromatic hydroxyl groups is 1. The molecular weight excluding hydrogens is 466 g/mol. The van der Waals surface area contributed by atoms with E-state index in [-0.39, 0.29) is 23.8 Å². The summed E-state index contributed by atoms with van der Waals surface area (Å²) in [6.45, 7) is 2.34. The van der Waals surface area contributed by atoms with Gasteiger partial charge in [0, 0.05) is 36.0 Å². The molecule has 0 saturated heterocycles. The molecule has 0 bridgehead atoms. The Kier molecular flexibility index (Phi) is 6.90. The lowest BCUT2D eigenvalue weighted by Crippen LogP contribution is -2.23. The predicted molar refractivity (Wildman–Crippen MR) is 134 cm³/mol. The second kappa shape index (κ2) is 9.89. The van der Waals surface area contributed by atoms with Gasteiger partial charge in [0.05, 0.1) is 5.75 Å². The maximum atomic E-state index is 13.7. The van der Waals surface area contributed by atoms with Gasteiger partial charge in [0.2, 0.25) is 15.9 Å². The Morgan fingerprint density at radius 3 is 2.57 bits per heavy atom. The molecule has 9 heteroatoms. The SMILES string of the molecule is CNS(=O)(=O)CCc1ccc(OCc2ccc(C)cc2)cc1C(=O)c1cn(C)c2c(O)nccc12. The lowest BCUT2D eigenvalue weighted by atomic mass is 9.96. The summed E-state index contributed by atoms with van der Waals surface area (Å²) in [5, 5.41) is 10.7. The van der Waals surface area contributed by atoms with E-state index in [1.165, 1.54) is 13.2 Å². The predicted octanol–water partition coefficient (Wildman–Crippen LogP) is 3.49. The van der Waals surface area contributed by atoms with E-state index in [1.807, 2.05) is 31.2 Å². The van der Waals surface area contributed by atoms with Gasteiger partial charge >= 0.3 is 0 Å². The minimum Gasteiger partial charge on any atom is -0.492 e. The second-order valence-corrected chi connectivity index (χ2v) is 10.4. The summed E-state index contributed by atoms with van der Waals surface area (Å²) < 4.78 is 34.0. The first-order valence-corrected chi connectivity index (χ1v) is 12.7. The van der Waals surface area contributed by atoms with E-state index in [9.17, 15) is 18.3 Å². The first kappa shape index (κ1) is 24.4. The summed E-state index contributed by atoms with van der Waals surface area (Å²) in [6, 6.07) is 14.8. The number of hydrogen-bond donors (Lipinski definition) is 2. The third-order valence-corrected chi connectivity index (χ3v) is 7.28. The maximum absolute atomic E-state index is 13.7. The van der Waals surface area contributed by atoms with Crippen LogP contribution in [0.25, 0.3) is 10.9 Å². The molecule has 4 aromatic rings. The summed E-state index contributed by atoms with van der Waals surface area (Å²) >= 11 is 0. The van der Waals surface area contributed by atoms with Gasteiger partial charge in [-0.3, -0.25) is 4.79 Å². The normalized spacial score (nSPS) is 11.6. The van der Waals surface area contributed by atoms with Crippen molar-refractivity contribution in [3.05, 3.63) is 88.7 Å². The number of nitrogens with one attached hydrogen (secondary N) is 1. The Hall–Kier alpha value is -3.69. The molecule has 0 aliphatic rings. The number of benzene rings is 2. The molecule has 0 aliphatic carbocycles. The van der Waals surface area contributed by atoms with E-state index < -0.39 is 10.0 Å². The van der Waals surface area contributed by atoms with Crippen LogP contribution in [0.4, 0.5) is 0 Å². The third-order valence-electron chi connectivity index (χ3n) is 5.92. The van der Waals surface area contributed by atoms with Gasteiger partial charge < -0.3 is 14.4 Å². The van der Waals surface area contributed by atoms with E-state index in [4.69, 9.17) is 4.74 Å². The van der Waals surface area contributed by atoms with Crippen molar-refractivity contribution in [2.45, 2.75) is 20.0 Å². The molecule has 0 saturated carbocycles. The van der Waals surface area contributed by atoms with Gasteiger partial charge in [0.25, 0.3) is 0 Å². The highest BCUT2D eigenvalue weighted by Gasteiger charge is 2.22. The molecule has 0 amide bonds. The molecule has 0 radical (unpaired) electrons. The van der Waals surface area contributed by atoms with Crippen molar-refractivity contribution in [1.82, 2.24) is 14.3 Å². The Bertz CT molecular complexity index is 1490. The fraction of sp³-hybridized carbons (Fsp3) is 0.231. The smallest absolute Gasteiger partial charge is 0.236 e. The van der Waals surface area contributed by atoms with Gasteiger partial charge in [-0.05, 0) is 49.7 Å². The topological polar surface area (TPSA) is 111 Å². The van der Waals surface area contributed by atoms with Crippen LogP contribution < -0.4 is 9.46 Å². The van der Waals surface area contributed by atoms with Crippen LogP contribution in [0.1, 0.15) is 32.6 Å². The molecule has 4 rings (SSSR count). The molecule has 0 fully saturated rings. The first-order chi connectivity index (χ1) is 16.7. The van der Waals surface area contributed by atoms with Gasteiger partial charge in [0.15, 0.2) is 5.78 Å². The van der Waals surface area contributed by atoms with Gasteiger partial charge in [-0.2, -0.15) is 0 Å². The van der Waals surface area contributed by atoms with Crippen molar-refractivity contribution in [3.8, 4) is 11.6 Å². The molecule has 2 heterocycles. The highest BCUT2D eigenvalue weighted by Crippen LogP contribution is 2.30. The van der Waals surface area contributed by atoms with Gasteiger partial charge in [-0.15, -0.1) is 0 Å². The quantitative estimate of drug-likeness (QED) is 0.346. The second-order valence-electron chi connectivity index (χ2n) is 8.38. The summed E-state index contributed by atoms with van der Waals surface area (Å²) in [6.07, 6.45) is 3.23. The molecule has 8 nitrogen and oxygen atoms in total. The van der Waals surface area contributed by atoms with Gasteiger partial charge in [-0.1, -0.05) is 35.9 Å². The lowest BCUT2D eigenvalue weighted by Gasteiger charge is -2.13. The minimum absolute atomic E-state index is 0.153. The highest BCUT2D eigenvalue weighted by molar-refractivity contribution is 7.89. The number of ether oxygens (including phenoxy) is 1. The average molecular weight is 494 g/mol. The molecule has 0 atom stereocenters. The Morgan fingerprint density at radius 1 is 1.11 bits per heavy atom. The number of hydrogen-bond acceptors (Lipinski definition) is 6.